The molecule has 0 spiro atoms. The second-order valence-electron chi connectivity index (χ2n) is 4.10. The van der Waals surface area contributed by atoms with E-state index in [1.54, 1.807) is 6.08 Å². The van der Waals surface area contributed by atoms with Crippen LogP contribution >= 0.6 is 0 Å². The van der Waals surface area contributed by atoms with E-state index in [9.17, 15) is 4.79 Å². The molecule has 2 N–H and O–H groups in total. The molecule has 1 amide bonds. The molecule has 1 aromatic rings. The van der Waals surface area contributed by atoms with E-state index in [2.05, 4.69) is 5.32 Å². The number of hydrogen-bond donors (Lipinski definition) is 2. The number of aliphatic hydroxyl groups excluding tert-OH is 1. The van der Waals surface area contributed by atoms with Crippen molar-refractivity contribution >= 4 is 12.0 Å². The summed E-state index contributed by atoms with van der Waals surface area (Å²) in [5.74, 6) is 0.537. The van der Waals surface area contributed by atoms with Gasteiger partial charge in [-0.1, -0.05) is 25.1 Å². The Morgan fingerprint density at radius 1 is 1.42 bits per heavy atom. The Morgan fingerprint density at radius 2 is 2.16 bits per heavy atom. The summed E-state index contributed by atoms with van der Waals surface area (Å²) in [6.07, 6.45) is 3.87. The number of hydrogen-bond acceptors (Lipinski definition) is 3. The van der Waals surface area contributed by atoms with Crippen LogP contribution in [0.4, 0.5) is 0 Å². The van der Waals surface area contributed by atoms with E-state index in [4.69, 9.17) is 9.84 Å². The number of ether oxygens (including phenoxy) is 1. The highest BCUT2D eigenvalue weighted by Crippen LogP contribution is 2.19. The zero-order valence-electron chi connectivity index (χ0n) is 11.4. The molecular weight excluding hydrogens is 242 g/mol. The molecular formula is C15H21NO3. The molecule has 0 bridgehead atoms. The molecule has 4 nitrogen and oxygen atoms in total. The van der Waals surface area contributed by atoms with Gasteiger partial charge in [-0.15, -0.1) is 0 Å². The maximum atomic E-state index is 11.7. The third kappa shape index (κ3) is 5.14. The monoisotopic (exact) mass is 263 g/mol. The molecule has 0 radical (unpaired) electrons. The number of nitrogens with one attached hydrogen (secondary N) is 1. The van der Waals surface area contributed by atoms with Gasteiger partial charge >= 0.3 is 0 Å². The molecule has 4 heteroatoms. The van der Waals surface area contributed by atoms with Crippen molar-refractivity contribution < 1.29 is 14.6 Å². The lowest BCUT2D eigenvalue weighted by Crippen LogP contribution is -2.35. The van der Waals surface area contributed by atoms with Crippen molar-refractivity contribution in [1.82, 2.24) is 5.32 Å². The van der Waals surface area contributed by atoms with Crippen molar-refractivity contribution in [3.05, 3.63) is 35.9 Å². The first-order valence-electron chi connectivity index (χ1n) is 6.52. The van der Waals surface area contributed by atoms with Gasteiger partial charge in [0.1, 0.15) is 5.75 Å². The van der Waals surface area contributed by atoms with Crippen LogP contribution in [0.2, 0.25) is 0 Å². The average molecular weight is 263 g/mol. The molecule has 0 saturated carbocycles. The standard InChI is InChI=1S/C15H21NO3/c1-3-13(11-17)16-15(18)10-9-12-7-5-6-8-14(12)19-4-2/h5-10,13,17H,3-4,11H2,1-2H3,(H,16,18)/b10-9+. The first-order chi connectivity index (χ1) is 9.21. The SMILES string of the molecule is CCOc1ccccc1/C=C/C(=O)NC(CC)CO. The van der Waals surface area contributed by atoms with Gasteiger partial charge in [-0.25, -0.2) is 0 Å². The zero-order chi connectivity index (χ0) is 14.1. The molecule has 1 atom stereocenters. The van der Waals surface area contributed by atoms with E-state index in [0.29, 0.717) is 13.0 Å². The predicted molar refractivity (Wildman–Crippen MR) is 76.0 cm³/mol. The highest BCUT2D eigenvalue weighted by Gasteiger charge is 2.06. The third-order valence-electron chi connectivity index (χ3n) is 2.69. The first kappa shape index (κ1) is 15.2. The lowest BCUT2D eigenvalue weighted by atomic mass is 10.2. The van der Waals surface area contributed by atoms with Gasteiger partial charge in [-0.05, 0) is 25.5 Å². The predicted octanol–water partition coefficient (Wildman–Crippen LogP) is 1.99. The maximum absolute atomic E-state index is 11.7. The summed E-state index contributed by atoms with van der Waals surface area (Å²) in [5, 5.41) is 11.7. The highest BCUT2D eigenvalue weighted by molar-refractivity contribution is 5.92. The largest absolute Gasteiger partial charge is 0.493 e. The van der Waals surface area contributed by atoms with Gasteiger partial charge in [0.2, 0.25) is 5.91 Å². The molecule has 0 aliphatic heterocycles. The summed E-state index contributed by atoms with van der Waals surface area (Å²) in [6, 6.07) is 7.34. The molecule has 0 aliphatic rings. The third-order valence-corrected chi connectivity index (χ3v) is 2.69. The number of carbonyl (C=O) groups is 1. The van der Waals surface area contributed by atoms with Crippen LogP contribution in [-0.4, -0.2) is 30.3 Å². The summed E-state index contributed by atoms with van der Waals surface area (Å²) < 4.78 is 5.47. The number of rotatable bonds is 7. The molecule has 1 aromatic carbocycles. The van der Waals surface area contributed by atoms with Crippen molar-refractivity contribution in [1.29, 1.82) is 0 Å². The quantitative estimate of drug-likeness (QED) is 0.740. The van der Waals surface area contributed by atoms with Crippen LogP contribution in [0.5, 0.6) is 5.75 Å². The van der Waals surface area contributed by atoms with Crippen LogP contribution in [0.3, 0.4) is 0 Å². The molecule has 104 valence electrons. The van der Waals surface area contributed by atoms with Crippen LogP contribution in [-0.2, 0) is 4.79 Å². The maximum Gasteiger partial charge on any atom is 0.244 e. The zero-order valence-corrected chi connectivity index (χ0v) is 11.4. The molecule has 1 unspecified atom stereocenters. The Morgan fingerprint density at radius 3 is 2.79 bits per heavy atom. The summed E-state index contributed by atoms with van der Waals surface area (Å²) in [6.45, 7) is 4.36. The Balaban J connectivity index is 2.68. The van der Waals surface area contributed by atoms with E-state index >= 15 is 0 Å². The van der Waals surface area contributed by atoms with Crippen LogP contribution in [0.25, 0.3) is 6.08 Å². The summed E-state index contributed by atoms with van der Waals surface area (Å²) in [4.78, 5) is 11.7. The van der Waals surface area contributed by atoms with Crippen LogP contribution in [0, 0.1) is 0 Å². The molecule has 1 rings (SSSR count). The second-order valence-corrected chi connectivity index (χ2v) is 4.10. The Kier molecular flexibility index (Phi) is 6.68. The fourth-order valence-corrected chi connectivity index (χ4v) is 1.60. The van der Waals surface area contributed by atoms with E-state index < -0.39 is 0 Å². The number of benzene rings is 1. The summed E-state index contributed by atoms with van der Waals surface area (Å²) in [5.41, 5.74) is 0.858. The van der Waals surface area contributed by atoms with Crippen LogP contribution in [0.1, 0.15) is 25.8 Å². The van der Waals surface area contributed by atoms with E-state index in [-0.39, 0.29) is 18.6 Å². The van der Waals surface area contributed by atoms with Gasteiger partial charge < -0.3 is 15.2 Å². The molecule has 0 fully saturated rings. The lowest BCUT2D eigenvalue weighted by molar-refractivity contribution is -0.117. The van der Waals surface area contributed by atoms with Crippen LogP contribution in [0.15, 0.2) is 30.3 Å². The normalized spacial score (nSPS) is 12.4. The van der Waals surface area contributed by atoms with Crippen molar-refractivity contribution in [3.63, 3.8) is 0 Å². The number of carbonyl (C=O) groups excluding carboxylic acids is 1. The minimum atomic E-state index is -0.216. The van der Waals surface area contributed by atoms with E-state index in [0.717, 1.165) is 11.3 Å². The van der Waals surface area contributed by atoms with Gasteiger partial charge in [0.25, 0.3) is 0 Å². The van der Waals surface area contributed by atoms with Crippen molar-refractivity contribution in [2.75, 3.05) is 13.2 Å². The van der Waals surface area contributed by atoms with Gasteiger partial charge in [-0.2, -0.15) is 0 Å². The minimum Gasteiger partial charge on any atom is -0.493 e. The van der Waals surface area contributed by atoms with E-state index in [1.807, 2.05) is 38.1 Å². The van der Waals surface area contributed by atoms with Crippen molar-refractivity contribution in [2.24, 2.45) is 0 Å². The van der Waals surface area contributed by atoms with Crippen molar-refractivity contribution in [2.45, 2.75) is 26.3 Å². The van der Waals surface area contributed by atoms with Gasteiger partial charge in [0.05, 0.1) is 19.3 Å². The molecule has 0 aromatic heterocycles. The summed E-state index contributed by atoms with van der Waals surface area (Å²) in [7, 11) is 0. The molecule has 0 heterocycles. The molecule has 0 aliphatic carbocycles. The van der Waals surface area contributed by atoms with Gasteiger partial charge in [0.15, 0.2) is 0 Å². The Labute approximate surface area is 114 Å². The Hall–Kier alpha value is -1.81. The fraction of sp³-hybridized carbons (Fsp3) is 0.400. The van der Waals surface area contributed by atoms with E-state index in [1.165, 1.54) is 6.08 Å². The molecule has 19 heavy (non-hydrogen) atoms. The second kappa shape index (κ2) is 8.32. The number of para-hydroxylation sites is 1. The van der Waals surface area contributed by atoms with Crippen LogP contribution < -0.4 is 10.1 Å². The number of aliphatic hydroxyl groups is 1. The fourth-order valence-electron chi connectivity index (χ4n) is 1.60. The number of amides is 1. The average Bonchev–Trinajstić information content (AvgIpc) is 2.44. The first-order valence-corrected chi connectivity index (χ1v) is 6.52. The highest BCUT2D eigenvalue weighted by atomic mass is 16.5. The van der Waals surface area contributed by atoms with Gasteiger partial charge in [0, 0.05) is 11.6 Å². The minimum absolute atomic E-state index is 0.0500. The molecule has 0 saturated heterocycles. The van der Waals surface area contributed by atoms with Crippen molar-refractivity contribution in [3.8, 4) is 5.75 Å². The van der Waals surface area contributed by atoms with Gasteiger partial charge in [-0.3, -0.25) is 4.79 Å². The topological polar surface area (TPSA) is 58.6 Å². The summed E-state index contributed by atoms with van der Waals surface area (Å²) >= 11 is 0. The lowest BCUT2D eigenvalue weighted by Gasteiger charge is -2.12. The smallest absolute Gasteiger partial charge is 0.244 e. The Bertz CT molecular complexity index is 425.